The van der Waals surface area contributed by atoms with Gasteiger partial charge in [0.1, 0.15) is 21.8 Å². The Balaban J connectivity index is 1.92. The van der Waals surface area contributed by atoms with Gasteiger partial charge in [-0.3, -0.25) is 0 Å². The van der Waals surface area contributed by atoms with Crippen molar-refractivity contribution in [3.05, 3.63) is 52.8 Å². The minimum Gasteiger partial charge on any atom is -0.496 e. The van der Waals surface area contributed by atoms with Crippen LogP contribution in [0.15, 0.2) is 51.6 Å². The number of nitrogens with zero attached hydrogens (tertiary/aromatic N) is 6. The van der Waals surface area contributed by atoms with Gasteiger partial charge in [-0.2, -0.15) is 9.61 Å². The van der Waals surface area contributed by atoms with Crippen molar-refractivity contribution in [1.82, 2.24) is 30.0 Å². The van der Waals surface area contributed by atoms with Gasteiger partial charge in [-0.1, -0.05) is 23.4 Å². The molecule has 0 aliphatic rings. The fourth-order valence-corrected chi connectivity index (χ4v) is 3.52. The van der Waals surface area contributed by atoms with Crippen molar-refractivity contribution < 1.29 is 9.26 Å². The predicted octanol–water partition coefficient (Wildman–Crippen LogP) is 4.07. The molecule has 138 valence electrons. The minimum absolute atomic E-state index is 0.493. The fraction of sp³-hybridized carbons (Fsp3) is 0.105. The van der Waals surface area contributed by atoms with E-state index in [9.17, 15) is 0 Å². The van der Waals surface area contributed by atoms with Crippen molar-refractivity contribution in [2.45, 2.75) is 6.92 Å². The van der Waals surface area contributed by atoms with E-state index < -0.39 is 0 Å². The number of pyridine rings is 1. The highest BCUT2D eigenvalue weighted by Crippen LogP contribution is 2.36. The first kappa shape index (κ1) is 16.8. The van der Waals surface area contributed by atoms with Crippen molar-refractivity contribution in [2.75, 3.05) is 7.11 Å². The van der Waals surface area contributed by atoms with E-state index in [0.717, 1.165) is 10.8 Å². The normalized spacial score (nSPS) is 11.4. The van der Waals surface area contributed by atoms with Gasteiger partial charge in [-0.15, -0.1) is 10.2 Å². The van der Waals surface area contributed by atoms with Crippen molar-refractivity contribution in [1.29, 1.82) is 0 Å². The molecule has 0 bridgehead atoms. The van der Waals surface area contributed by atoms with E-state index in [-0.39, 0.29) is 0 Å². The summed E-state index contributed by atoms with van der Waals surface area (Å²) < 4.78 is 13.2. The highest BCUT2D eigenvalue weighted by atomic mass is 79.9. The lowest BCUT2D eigenvalue weighted by atomic mass is 10.1. The van der Waals surface area contributed by atoms with E-state index in [1.807, 2.05) is 43.3 Å². The summed E-state index contributed by atoms with van der Waals surface area (Å²) in [6, 6.07) is 13.2. The minimum atomic E-state index is 0.493. The molecular weight excluding hydrogens is 424 g/mol. The molecule has 0 aliphatic carbocycles. The fourth-order valence-electron chi connectivity index (χ4n) is 3.18. The average molecular weight is 437 g/mol. The van der Waals surface area contributed by atoms with E-state index in [1.165, 1.54) is 0 Å². The van der Waals surface area contributed by atoms with Gasteiger partial charge in [0.15, 0.2) is 11.3 Å². The summed E-state index contributed by atoms with van der Waals surface area (Å²) in [5, 5.41) is 19.2. The summed E-state index contributed by atoms with van der Waals surface area (Å²) in [4.78, 5) is 4.58. The monoisotopic (exact) mass is 436 g/mol. The topological polar surface area (TPSA) is 91.2 Å². The molecule has 4 heterocycles. The smallest absolute Gasteiger partial charge is 0.207 e. The molecule has 1 aromatic carbocycles. The molecule has 0 saturated carbocycles. The number of rotatable bonds is 3. The van der Waals surface area contributed by atoms with Gasteiger partial charge in [0.2, 0.25) is 5.82 Å². The Kier molecular flexibility index (Phi) is 3.83. The first-order valence-electron chi connectivity index (χ1n) is 8.44. The van der Waals surface area contributed by atoms with E-state index in [0.29, 0.717) is 44.7 Å². The number of aromatic nitrogens is 6. The molecule has 5 rings (SSSR count). The lowest BCUT2D eigenvalue weighted by Gasteiger charge is -2.11. The zero-order valence-corrected chi connectivity index (χ0v) is 16.5. The van der Waals surface area contributed by atoms with Crippen LogP contribution in [0.5, 0.6) is 5.75 Å². The lowest BCUT2D eigenvalue weighted by Crippen LogP contribution is -2.02. The number of hydrogen-bond donors (Lipinski definition) is 0. The maximum absolute atomic E-state index is 5.60. The van der Waals surface area contributed by atoms with Gasteiger partial charge >= 0.3 is 0 Å². The van der Waals surface area contributed by atoms with Gasteiger partial charge < -0.3 is 9.26 Å². The Hall–Kier alpha value is -3.33. The standard InChI is InChI=1S/C19H13BrN6O2/c1-10-9-13(25-28-10)19-23-22-18-11-5-3-7-14(27-2)16(11)17(24-26(18)19)12-6-4-8-15(20)21-12/h3-9H,1-2H3. The number of hydrogen-bond acceptors (Lipinski definition) is 7. The quantitative estimate of drug-likeness (QED) is 0.393. The van der Waals surface area contributed by atoms with Gasteiger partial charge in [0.25, 0.3) is 0 Å². The zero-order chi connectivity index (χ0) is 19.3. The summed E-state index contributed by atoms with van der Waals surface area (Å²) in [6.45, 7) is 1.82. The third kappa shape index (κ3) is 2.55. The largest absolute Gasteiger partial charge is 0.496 e. The van der Waals surface area contributed by atoms with Crippen LogP contribution in [0, 0.1) is 6.92 Å². The van der Waals surface area contributed by atoms with E-state index in [4.69, 9.17) is 14.4 Å². The summed E-state index contributed by atoms with van der Waals surface area (Å²) in [5.74, 6) is 1.86. The Morgan fingerprint density at radius 3 is 2.68 bits per heavy atom. The number of fused-ring (bicyclic) bond motifs is 3. The van der Waals surface area contributed by atoms with E-state index >= 15 is 0 Å². The first-order chi connectivity index (χ1) is 13.7. The summed E-state index contributed by atoms with van der Waals surface area (Å²) in [7, 11) is 1.63. The third-order valence-corrected chi connectivity index (χ3v) is 4.82. The summed E-state index contributed by atoms with van der Waals surface area (Å²) in [6.07, 6.45) is 0. The molecule has 0 fully saturated rings. The second kappa shape index (κ2) is 6.38. The Labute approximate surface area is 167 Å². The lowest BCUT2D eigenvalue weighted by molar-refractivity contribution is 0.399. The molecule has 0 amide bonds. The van der Waals surface area contributed by atoms with Crippen LogP contribution in [0.25, 0.3) is 39.3 Å². The van der Waals surface area contributed by atoms with Gasteiger partial charge in [-0.05, 0) is 41.1 Å². The number of benzene rings is 1. The van der Waals surface area contributed by atoms with Crippen LogP contribution in [0.3, 0.4) is 0 Å². The molecular formula is C19H13BrN6O2. The molecule has 0 unspecified atom stereocenters. The average Bonchev–Trinajstić information content (AvgIpc) is 3.32. The molecule has 9 heteroatoms. The predicted molar refractivity (Wildman–Crippen MR) is 106 cm³/mol. The van der Waals surface area contributed by atoms with E-state index in [1.54, 1.807) is 17.7 Å². The number of aryl methyl sites for hydroxylation is 1. The summed E-state index contributed by atoms with van der Waals surface area (Å²) >= 11 is 3.43. The molecule has 0 spiro atoms. The number of ether oxygens (including phenoxy) is 1. The molecule has 0 radical (unpaired) electrons. The highest BCUT2D eigenvalue weighted by molar-refractivity contribution is 9.10. The summed E-state index contributed by atoms with van der Waals surface area (Å²) in [5.41, 5.74) is 2.51. The maximum atomic E-state index is 5.60. The molecule has 0 N–H and O–H groups in total. The molecule has 4 aromatic heterocycles. The van der Waals surface area contributed by atoms with E-state index in [2.05, 4.69) is 36.3 Å². The first-order valence-corrected chi connectivity index (χ1v) is 9.24. The number of halogens is 1. The Morgan fingerprint density at radius 1 is 1.07 bits per heavy atom. The van der Waals surface area contributed by atoms with Crippen molar-refractivity contribution in [3.8, 4) is 28.7 Å². The molecule has 8 nitrogen and oxygen atoms in total. The highest BCUT2D eigenvalue weighted by Gasteiger charge is 2.21. The zero-order valence-electron chi connectivity index (χ0n) is 14.9. The van der Waals surface area contributed by atoms with Gasteiger partial charge in [0.05, 0.1) is 18.2 Å². The van der Waals surface area contributed by atoms with Crippen LogP contribution in [0.4, 0.5) is 0 Å². The SMILES string of the molecule is COc1cccc2c1c(-c1cccc(Br)n1)nn1c(-c3cc(C)on3)nnc21. The second-order valence-electron chi connectivity index (χ2n) is 6.16. The molecule has 0 aliphatic heterocycles. The van der Waals surface area contributed by atoms with Crippen LogP contribution in [0.1, 0.15) is 5.76 Å². The van der Waals surface area contributed by atoms with Crippen LogP contribution >= 0.6 is 15.9 Å². The van der Waals surface area contributed by atoms with Crippen LogP contribution in [0.2, 0.25) is 0 Å². The number of methoxy groups -OCH3 is 1. The van der Waals surface area contributed by atoms with Crippen molar-refractivity contribution in [3.63, 3.8) is 0 Å². The van der Waals surface area contributed by atoms with Crippen LogP contribution < -0.4 is 4.74 Å². The third-order valence-electron chi connectivity index (χ3n) is 4.38. The maximum Gasteiger partial charge on any atom is 0.207 e. The molecule has 28 heavy (non-hydrogen) atoms. The van der Waals surface area contributed by atoms with Crippen molar-refractivity contribution in [2.24, 2.45) is 0 Å². The second-order valence-corrected chi connectivity index (χ2v) is 6.97. The van der Waals surface area contributed by atoms with Gasteiger partial charge in [-0.25, -0.2) is 4.98 Å². The Morgan fingerprint density at radius 2 is 1.93 bits per heavy atom. The van der Waals surface area contributed by atoms with Crippen LogP contribution in [-0.4, -0.2) is 37.1 Å². The van der Waals surface area contributed by atoms with Crippen LogP contribution in [-0.2, 0) is 0 Å². The molecule has 5 aromatic rings. The van der Waals surface area contributed by atoms with Gasteiger partial charge in [0, 0.05) is 11.5 Å². The molecule has 0 saturated heterocycles. The van der Waals surface area contributed by atoms with Crippen molar-refractivity contribution >= 4 is 32.3 Å². The Bertz CT molecular complexity index is 1340. The molecule has 0 atom stereocenters.